The van der Waals surface area contributed by atoms with E-state index in [0.29, 0.717) is 16.5 Å². The summed E-state index contributed by atoms with van der Waals surface area (Å²) in [5.41, 5.74) is 1.04. The van der Waals surface area contributed by atoms with Crippen molar-refractivity contribution in [3.8, 4) is 11.3 Å². The van der Waals surface area contributed by atoms with Gasteiger partial charge in [-0.15, -0.1) is 0 Å². The Kier molecular flexibility index (Phi) is 4.22. The van der Waals surface area contributed by atoms with E-state index >= 15 is 0 Å². The Bertz CT molecular complexity index is 973. The highest BCUT2D eigenvalue weighted by molar-refractivity contribution is 14.1. The van der Waals surface area contributed by atoms with E-state index in [1.54, 1.807) is 26.0 Å². The third-order valence-electron chi connectivity index (χ3n) is 3.62. The van der Waals surface area contributed by atoms with E-state index in [-0.39, 0.29) is 16.5 Å². The molecule has 0 N–H and O–H groups in total. The minimum absolute atomic E-state index is 0.174. The molecule has 0 radical (unpaired) electrons. The summed E-state index contributed by atoms with van der Waals surface area (Å²) < 4.78 is 45.6. The Morgan fingerprint density at radius 3 is 2.35 bits per heavy atom. The van der Waals surface area contributed by atoms with Crippen LogP contribution in [0.3, 0.4) is 0 Å². The second-order valence-corrected chi connectivity index (χ2v) is 9.19. The average Bonchev–Trinajstić information content (AvgIpc) is 2.86. The molecule has 0 aliphatic carbocycles. The van der Waals surface area contributed by atoms with E-state index in [0.717, 1.165) is 3.57 Å². The van der Waals surface area contributed by atoms with E-state index < -0.39 is 15.1 Å². The van der Waals surface area contributed by atoms with Gasteiger partial charge >= 0.3 is 0 Å². The van der Waals surface area contributed by atoms with Gasteiger partial charge in [0.1, 0.15) is 16.3 Å². The molecule has 0 amide bonds. The van der Waals surface area contributed by atoms with Crippen molar-refractivity contribution in [2.24, 2.45) is 0 Å². The fourth-order valence-electron chi connectivity index (χ4n) is 2.36. The molecule has 3 rings (SSSR count). The van der Waals surface area contributed by atoms with Crippen molar-refractivity contribution >= 4 is 43.4 Å². The predicted molar refractivity (Wildman–Crippen MR) is 96.6 cm³/mol. The molecule has 2 aromatic carbocycles. The topological polar surface area (TPSA) is 47.3 Å². The van der Waals surface area contributed by atoms with Gasteiger partial charge in [0.25, 0.3) is 0 Å². The molecule has 0 saturated heterocycles. The molecule has 3 aromatic rings. The molecule has 0 bridgehead atoms. The lowest BCUT2D eigenvalue weighted by Gasteiger charge is -2.08. The van der Waals surface area contributed by atoms with Gasteiger partial charge in [-0.25, -0.2) is 12.8 Å². The molecule has 1 heterocycles. The average molecular weight is 444 g/mol. The molecule has 3 nitrogen and oxygen atoms in total. The van der Waals surface area contributed by atoms with Gasteiger partial charge in [-0.2, -0.15) is 0 Å². The number of halogens is 2. The first-order valence-corrected chi connectivity index (χ1v) is 9.65. The fraction of sp³-hybridized carbons (Fsp3) is 0.176. The maximum Gasteiger partial charge on any atom is 0.185 e. The molecule has 1 aromatic heterocycles. The third-order valence-corrected chi connectivity index (χ3v) is 6.50. The first-order chi connectivity index (χ1) is 10.8. The molecule has 0 saturated carbocycles. The Morgan fingerprint density at radius 2 is 1.74 bits per heavy atom. The molecule has 0 aliphatic rings. The summed E-state index contributed by atoms with van der Waals surface area (Å²) in [6.07, 6.45) is 0. The van der Waals surface area contributed by atoms with Gasteiger partial charge in [0.15, 0.2) is 15.6 Å². The van der Waals surface area contributed by atoms with Crippen molar-refractivity contribution < 1.29 is 17.2 Å². The van der Waals surface area contributed by atoms with Crippen LogP contribution < -0.4 is 0 Å². The Labute approximate surface area is 147 Å². The van der Waals surface area contributed by atoms with Crippen LogP contribution in [-0.4, -0.2) is 13.7 Å². The van der Waals surface area contributed by atoms with Crippen LogP contribution in [0.1, 0.15) is 13.8 Å². The monoisotopic (exact) mass is 444 g/mol. The molecular weight excluding hydrogens is 430 g/mol. The molecule has 6 heteroatoms. The van der Waals surface area contributed by atoms with Gasteiger partial charge < -0.3 is 4.42 Å². The maximum absolute atomic E-state index is 13.2. The SMILES string of the molecule is CC(C)S(=O)(=O)c1c(-c2ccc(F)cc2)oc2ccc(I)cc12. The minimum atomic E-state index is -3.56. The van der Waals surface area contributed by atoms with E-state index in [1.807, 2.05) is 6.07 Å². The number of fused-ring (bicyclic) bond motifs is 1. The van der Waals surface area contributed by atoms with E-state index in [2.05, 4.69) is 22.6 Å². The number of furan rings is 1. The lowest BCUT2D eigenvalue weighted by Crippen LogP contribution is -2.14. The molecule has 0 unspecified atom stereocenters. The van der Waals surface area contributed by atoms with Crippen LogP contribution in [-0.2, 0) is 9.84 Å². The third kappa shape index (κ3) is 2.89. The van der Waals surface area contributed by atoms with Crippen LogP contribution in [0.25, 0.3) is 22.3 Å². The second-order valence-electron chi connectivity index (χ2n) is 5.50. The quantitative estimate of drug-likeness (QED) is 0.533. The first-order valence-electron chi connectivity index (χ1n) is 7.02. The Morgan fingerprint density at radius 1 is 1.09 bits per heavy atom. The van der Waals surface area contributed by atoms with Crippen LogP contribution in [0.5, 0.6) is 0 Å². The van der Waals surface area contributed by atoms with Gasteiger partial charge in [0, 0.05) is 14.5 Å². The van der Waals surface area contributed by atoms with Gasteiger partial charge in [-0.05, 0) is 78.9 Å². The Balaban J connectivity index is 2.40. The summed E-state index contributed by atoms with van der Waals surface area (Å²) in [4.78, 5) is 0.174. The van der Waals surface area contributed by atoms with Gasteiger partial charge in [0.2, 0.25) is 0 Å². The van der Waals surface area contributed by atoms with Crippen molar-refractivity contribution in [3.05, 3.63) is 51.9 Å². The minimum Gasteiger partial charge on any atom is -0.455 e. The summed E-state index contributed by atoms with van der Waals surface area (Å²) in [5.74, 6) is -0.122. The zero-order valence-corrected chi connectivity index (χ0v) is 15.5. The Hall–Kier alpha value is -1.41. The van der Waals surface area contributed by atoms with Crippen molar-refractivity contribution in [3.63, 3.8) is 0 Å². The van der Waals surface area contributed by atoms with Crippen LogP contribution in [0, 0.1) is 9.39 Å². The number of benzene rings is 2. The lowest BCUT2D eigenvalue weighted by molar-refractivity contribution is 0.582. The van der Waals surface area contributed by atoms with Crippen LogP contribution in [0.15, 0.2) is 51.8 Å². The van der Waals surface area contributed by atoms with Crippen LogP contribution in [0.2, 0.25) is 0 Å². The number of rotatable bonds is 3. The van der Waals surface area contributed by atoms with E-state index in [1.165, 1.54) is 24.3 Å². The van der Waals surface area contributed by atoms with Crippen molar-refractivity contribution in [1.82, 2.24) is 0 Å². The smallest absolute Gasteiger partial charge is 0.185 e. The zero-order valence-electron chi connectivity index (χ0n) is 12.5. The summed E-state index contributed by atoms with van der Waals surface area (Å²) in [6, 6.07) is 11.0. The summed E-state index contributed by atoms with van der Waals surface area (Å²) in [6.45, 7) is 3.27. The summed E-state index contributed by atoms with van der Waals surface area (Å²) in [7, 11) is -3.56. The van der Waals surface area contributed by atoms with Crippen molar-refractivity contribution in [1.29, 1.82) is 0 Å². The summed E-state index contributed by atoms with van der Waals surface area (Å²) in [5, 5.41) is -0.0229. The largest absolute Gasteiger partial charge is 0.455 e. The van der Waals surface area contributed by atoms with Gasteiger partial charge in [0.05, 0.1) is 5.25 Å². The van der Waals surface area contributed by atoms with Crippen LogP contribution in [0.4, 0.5) is 4.39 Å². The standard InChI is InChI=1S/C17H14FIO3S/c1-10(2)23(20,21)17-14-9-13(19)7-8-15(14)22-16(17)11-3-5-12(18)6-4-11/h3-10H,1-2H3. The molecule has 0 fully saturated rings. The van der Waals surface area contributed by atoms with Gasteiger partial charge in [-0.1, -0.05) is 0 Å². The van der Waals surface area contributed by atoms with Crippen molar-refractivity contribution in [2.45, 2.75) is 24.0 Å². The zero-order chi connectivity index (χ0) is 16.8. The van der Waals surface area contributed by atoms with Crippen LogP contribution >= 0.6 is 22.6 Å². The van der Waals surface area contributed by atoms with Gasteiger partial charge in [-0.3, -0.25) is 0 Å². The highest BCUT2D eigenvalue weighted by Crippen LogP contribution is 2.39. The highest BCUT2D eigenvalue weighted by atomic mass is 127. The van der Waals surface area contributed by atoms with E-state index in [4.69, 9.17) is 4.42 Å². The number of hydrogen-bond donors (Lipinski definition) is 0. The first kappa shape index (κ1) is 16.4. The normalized spacial score (nSPS) is 12.2. The molecular formula is C17H14FIO3S. The molecule has 0 spiro atoms. The van der Waals surface area contributed by atoms with E-state index in [9.17, 15) is 12.8 Å². The molecule has 0 aliphatic heterocycles. The number of hydrogen-bond acceptors (Lipinski definition) is 3. The highest BCUT2D eigenvalue weighted by Gasteiger charge is 2.29. The maximum atomic E-state index is 13.2. The molecule has 120 valence electrons. The predicted octanol–water partition coefficient (Wildman–Crippen LogP) is 5.03. The molecule has 23 heavy (non-hydrogen) atoms. The lowest BCUT2D eigenvalue weighted by atomic mass is 10.1. The van der Waals surface area contributed by atoms with Crippen molar-refractivity contribution in [2.75, 3.05) is 0 Å². The second kappa shape index (κ2) is 5.90. The number of sulfone groups is 1. The molecule has 0 atom stereocenters. The fourth-order valence-corrected chi connectivity index (χ4v) is 4.20. The summed E-state index contributed by atoms with van der Waals surface area (Å²) >= 11 is 2.13.